The molecule has 0 aromatic heterocycles. The number of nitro groups is 1. The number of hydrogen-bond acceptors (Lipinski definition) is 6. The zero-order chi connectivity index (χ0) is 20.3. The van der Waals surface area contributed by atoms with Crippen molar-refractivity contribution in [3.63, 3.8) is 0 Å². The van der Waals surface area contributed by atoms with Crippen molar-refractivity contribution in [2.45, 2.75) is 13.0 Å². The fraction of sp³-hybridized carbons (Fsp3) is 0.316. The highest BCUT2D eigenvalue weighted by atomic mass is 35.5. The van der Waals surface area contributed by atoms with Gasteiger partial charge in [-0.3, -0.25) is 10.1 Å². The molecule has 1 aliphatic rings. The summed E-state index contributed by atoms with van der Waals surface area (Å²) in [6.45, 7) is 2.48. The summed E-state index contributed by atoms with van der Waals surface area (Å²) in [4.78, 5) is 24.3. The number of ether oxygens (including phenoxy) is 2. The van der Waals surface area contributed by atoms with E-state index in [0.29, 0.717) is 11.6 Å². The summed E-state index contributed by atoms with van der Waals surface area (Å²) in [6.07, 6.45) is -0.438. The first-order valence-electron chi connectivity index (χ1n) is 8.68. The highest BCUT2D eigenvalue weighted by Crippen LogP contribution is 2.35. The van der Waals surface area contributed by atoms with Gasteiger partial charge in [0.2, 0.25) is 0 Å². The topological polar surface area (TPSA) is 81.9 Å². The molecular weight excluding hydrogens is 391 g/mol. The Labute approximate surface area is 165 Å². The zero-order valence-electron chi connectivity index (χ0n) is 15.1. The van der Waals surface area contributed by atoms with Crippen LogP contribution in [-0.4, -0.2) is 37.2 Å². The lowest BCUT2D eigenvalue weighted by Crippen LogP contribution is -2.40. The van der Waals surface area contributed by atoms with Crippen LogP contribution in [0.15, 0.2) is 36.4 Å². The highest BCUT2D eigenvalue weighted by Gasteiger charge is 2.31. The first-order chi connectivity index (χ1) is 13.4. The Hall–Kier alpha value is -2.71. The quantitative estimate of drug-likeness (QED) is 0.420. The van der Waals surface area contributed by atoms with Gasteiger partial charge in [-0.05, 0) is 13.0 Å². The molecule has 28 heavy (non-hydrogen) atoms. The van der Waals surface area contributed by atoms with E-state index < -0.39 is 28.5 Å². The van der Waals surface area contributed by atoms with Crippen LogP contribution in [0.25, 0.3) is 0 Å². The van der Waals surface area contributed by atoms with Gasteiger partial charge in [0, 0.05) is 29.7 Å². The average Bonchev–Trinajstić information content (AvgIpc) is 2.68. The minimum Gasteiger partial charge on any atom is -0.462 e. The van der Waals surface area contributed by atoms with Crippen molar-refractivity contribution in [3.8, 4) is 0 Å². The molecule has 1 aliphatic heterocycles. The number of carbonyl (C=O) groups excluding carboxylic acids is 1. The lowest BCUT2D eigenvalue weighted by atomic mass is 10.0. The highest BCUT2D eigenvalue weighted by molar-refractivity contribution is 6.31. The van der Waals surface area contributed by atoms with Crippen LogP contribution in [-0.2, 0) is 9.47 Å². The van der Waals surface area contributed by atoms with E-state index in [1.807, 2.05) is 12.1 Å². The molecule has 0 saturated carbocycles. The molecule has 0 aliphatic carbocycles. The van der Waals surface area contributed by atoms with Crippen LogP contribution in [0.4, 0.5) is 15.8 Å². The predicted molar refractivity (Wildman–Crippen MR) is 101 cm³/mol. The Morgan fingerprint density at radius 2 is 2.18 bits per heavy atom. The fourth-order valence-corrected chi connectivity index (χ4v) is 3.41. The third kappa shape index (κ3) is 4.07. The van der Waals surface area contributed by atoms with Crippen molar-refractivity contribution in [3.05, 3.63) is 68.5 Å². The number of anilines is 1. The van der Waals surface area contributed by atoms with Gasteiger partial charge in [0.15, 0.2) is 5.82 Å². The number of morpholine rings is 1. The normalized spacial score (nSPS) is 16.7. The third-order valence-corrected chi connectivity index (χ3v) is 4.73. The second-order valence-electron chi connectivity index (χ2n) is 6.13. The van der Waals surface area contributed by atoms with Crippen LogP contribution in [0.5, 0.6) is 0 Å². The third-order valence-electron chi connectivity index (χ3n) is 4.39. The summed E-state index contributed by atoms with van der Waals surface area (Å²) < 4.78 is 25.6. The van der Waals surface area contributed by atoms with Crippen molar-refractivity contribution < 1.29 is 23.6 Å². The van der Waals surface area contributed by atoms with E-state index in [-0.39, 0.29) is 31.0 Å². The molecule has 0 amide bonds. The number of carbonyl (C=O) groups is 1. The summed E-state index contributed by atoms with van der Waals surface area (Å²) in [5.41, 5.74) is 0.00634. The number of benzene rings is 2. The van der Waals surface area contributed by atoms with Gasteiger partial charge in [0.05, 0.1) is 35.5 Å². The average molecular weight is 409 g/mol. The number of nitro benzene ring substituents is 1. The van der Waals surface area contributed by atoms with Crippen LogP contribution < -0.4 is 4.90 Å². The second kappa shape index (κ2) is 8.53. The first kappa shape index (κ1) is 20.0. The molecule has 2 aromatic carbocycles. The molecule has 1 fully saturated rings. The van der Waals surface area contributed by atoms with E-state index in [1.165, 1.54) is 0 Å². The van der Waals surface area contributed by atoms with E-state index >= 15 is 0 Å². The molecule has 7 nitrogen and oxygen atoms in total. The maximum atomic E-state index is 14.8. The molecule has 1 atom stereocenters. The van der Waals surface area contributed by atoms with Gasteiger partial charge in [0.25, 0.3) is 5.69 Å². The Bertz CT molecular complexity index is 908. The lowest BCUT2D eigenvalue weighted by Gasteiger charge is -2.35. The van der Waals surface area contributed by atoms with Crippen LogP contribution in [0.2, 0.25) is 5.02 Å². The Balaban J connectivity index is 2.00. The van der Waals surface area contributed by atoms with Crippen LogP contribution in [0.3, 0.4) is 0 Å². The molecule has 2 aromatic rings. The molecule has 0 N–H and O–H groups in total. The zero-order valence-corrected chi connectivity index (χ0v) is 15.8. The van der Waals surface area contributed by atoms with Crippen molar-refractivity contribution in [2.75, 3.05) is 31.2 Å². The number of halogens is 2. The maximum Gasteiger partial charge on any atom is 0.340 e. The van der Waals surface area contributed by atoms with Gasteiger partial charge >= 0.3 is 5.97 Å². The fourth-order valence-electron chi connectivity index (χ4n) is 3.15. The van der Waals surface area contributed by atoms with Crippen LogP contribution in [0.1, 0.15) is 28.9 Å². The van der Waals surface area contributed by atoms with Gasteiger partial charge < -0.3 is 14.4 Å². The van der Waals surface area contributed by atoms with Gasteiger partial charge in [-0.25, -0.2) is 9.18 Å². The Kier molecular flexibility index (Phi) is 6.11. The molecule has 0 bridgehead atoms. The minimum atomic E-state index is -0.864. The number of rotatable bonds is 5. The van der Waals surface area contributed by atoms with Crippen molar-refractivity contribution in [2.24, 2.45) is 0 Å². The number of nitrogens with zero attached hydrogens (tertiary/aromatic N) is 2. The summed E-state index contributed by atoms with van der Waals surface area (Å²) >= 11 is 6.24. The molecule has 0 spiro atoms. The molecule has 1 saturated heterocycles. The predicted octanol–water partition coefficient (Wildman–Crippen LogP) is 4.14. The first-order valence-corrected chi connectivity index (χ1v) is 9.06. The summed E-state index contributed by atoms with van der Waals surface area (Å²) in [5, 5.41) is 11.6. The monoisotopic (exact) mass is 408 g/mol. The maximum absolute atomic E-state index is 14.8. The molecule has 9 heteroatoms. The van der Waals surface area contributed by atoms with Gasteiger partial charge in [-0.1, -0.05) is 29.8 Å². The molecule has 148 valence electrons. The SMILES string of the molecule is CCOC(=O)c1cc([N+](=O)[O-])cc(F)c1N1CCOC(c2ccccc2Cl)C1. The minimum absolute atomic E-state index is 0.0376. The molecule has 0 radical (unpaired) electrons. The van der Waals surface area contributed by atoms with Crippen molar-refractivity contribution in [1.82, 2.24) is 0 Å². The number of hydrogen-bond donors (Lipinski definition) is 0. The van der Waals surface area contributed by atoms with Gasteiger partial charge in [0.1, 0.15) is 6.10 Å². The van der Waals surface area contributed by atoms with E-state index in [0.717, 1.165) is 17.7 Å². The van der Waals surface area contributed by atoms with E-state index in [2.05, 4.69) is 0 Å². The number of esters is 1. The largest absolute Gasteiger partial charge is 0.462 e. The van der Waals surface area contributed by atoms with Crippen LogP contribution in [0, 0.1) is 15.9 Å². The van der Waals surface area contributed by atoms with E-state index in [4.69, 9.17) is 21.1 Å². The van der Waals surface area contributed by atoms with Crippen molar-refractivity contribution in [1.29, 1.82) is 0 Å². The van der Waals surface area contributed by atoms with Gasteiger partial charge in [-0.2, -0.15) is 0 Å². The van der Waals surface area contributed by atoms with E-state index in [1.54, 1.807) is 24.0 Å². The van der Waals surface area contributed by atoms with Crippen molar-refractivity contribution >= 4 is 28.9 Å². The summed E-state index contributed by atoms with van der Waals surface area (Å²) in [5.74, 6) is -1.68. The summed E-state index contributed by atoms with van der Waals surface area (Å²) in [7, 11) is 0. The Morgan fingerprint density at radius 3 is 2.86 bits per heavy atom. The number of non-ortho nitro benzene ring substituents is 1. The second-order valence-corrected chi connectivity index (χ2v) is 6.54. The smallest absolute Gasteiger partial charge is 0.340 e. The van der Waals surface area contributed by atoms with Gasteiger partial charge in [-0.15, -0.1) is 0 Å². The molecule has 1 heterocycles. The molecule has 1 unspecified atom stereocenters. The van der Waals surface area contributed by atoms with Crippen LogP contribution >= 0.6 is 11.6 Å². The summed E-state index contributed by atoms with van der Waals surface area (Å²) in [6, 6.07) is 9.00. The molecular formula is C19H18ClFN2O5. The lowest BCUT2D eigenvalue weighted by molar-refractivity contribution is -0.385. The van der Waals surface area contributed by atoms with E-state index in [9.17, 15) is 19.3 Å². The molecule has 3 rings (SSSR count). The Morgan fingerprint density at radius 1 is 1.43 bits per heavy atom. The standard InChI is InChI=1S/C19H18ClFN2O5/c1-2-27-19(24)14-9-12(23(25)26)10-16(21)18(14)22-7-8-28-17(11-22)13-5-3-4-6-15(13)20/h3-6,9-10,17H,2,7-8,11H2,1H3.